The van der Waals surface area contributed by atoms with Crippen molar-refractivity contribution in [3.8, 4) is 0 Å². The second-order valence-corrected chi connectivity index (χ2v) is 5.07. The standard InChI is InChI=1S/C14H22N2/c1-12(2)14(13-6-8-15-9-7-13)16-10-4-3-5-11-16/h6-9,12,14H,3-5,10-11H2,1-2H3. The van der Waals surface area contributed by atoms with Gasteiger partial charge in [0.15, 0.2) is 0 Å². The number of nitrogens with zero attached hydrogens (tertiary/aromatic N) is 2. The summed E-state index contributed by atoms with van der Waals surface area (Å²) < 4.78 is 0. The minimum atomic E-state index is 0.572. The highest BCUT2D eigenvalue weighted by molar-refractivity contribution is 5.16. The molecular weight excluding hydrogens is 196 g/mol. The average Bonchev–Trinajstić information content (AvgIpc) is 2.31. The fourth-order valence-electron chi connectivity index (χ4n) is 2.77. The molecule has 1 aromatic rings. The summed E-state index contributed by atoms with van der Waals surface area (Å²) in [6.07, 6.45) is 7.93. The second kappa shape index (κ2) is 5.44. The summed E-state index contributed by atoms with van der Waals surface area (Å²) in [7, 11) is 0. The minimum Gasteiger partial charge on any atom is -0.296 e. The van der Waals surface area contributed by atoms with Gasteiger partial charge in [-0.15, -0.1) is 0 Å². The second-order valence-electron chi connectivity index (χ2n) is 5.07. The monoisotopic (exact) mass is 218 g/mol. The zero-order chi connectivity index (χ0) is 11.4. The van der Waals surface area contributed by atoms with E-state index in [-0.39, 0.29) is 0 Å². The molecule has 0 aromatic carbocycles. The van der Waals surface area contributed by atoms with E-state index in [9.17, 15) is 0 Å². The number of piperidine rings is 1. The van der Waals surface area contributed by atoms with Gasteiger partial charge in [0.25, 0.3) is 0 Å². The van der Waals surface area contributed by atoms with Gasteiger partial charge in [0, 0.05) is 18.4 Å². The first-order valence-electron chi connectivity index (χ1n) is 6.43. The van der Waals surface area contributed by atoms with Gasteiger partial charge in [0.05, 0.1) is 0 Å². The van der Waals surface area contributed by atoms with Crippen LogP contribution in [0.1, 0.15) is 44.7 Å². The van der Waals surface area contributed by atoms with Crippen molar-refractivity contribution >= 4 is 0 Å². The third-order valence-corrected chi connectivity index (χ3v) is 3.46. The molecule has 0 saturated carbocycles. The topological polar surface area (TPSA) is 16.1 Å². The van der Waals surface area contributed by atoms with Crippen LogP contribution < -0.4 is 0 Å². The molecule has 0 radical (unpaired) electrons. The molecular formula is C14H22N2. The molecule has 0 amide bonds. The molecule has 2 heteroatoms. The smallest absolute Gasteiger partial charge is 0.0372 e. The molecule has 1 aromatic heterocycles. The van der Waals surface area contributed by atoms with E-state index >= 15 is 0 Å². The molecule has 1 atom stereocenters. The van der Waals surface area contributed by atoms with E-state index in [0.717, 1.165) is 0 Å². The molecule has 0 N–H and O–H groups in total. The SMILES string of the molecule is CC(C)C(c1ccncc1)N1CCCCC1. The summed E-state index contributed by atoms with van der Waals surface area (Å²) in [5, 5.41) is 0. The van der Waals surface area contributed by atoms with Crippen molar-refractivity contribution in [2.45, 2.75) is 39.2 Å². The van der Waals surface area contributed by atoms with E-state index in [4.69, 9.17) is 0 Å². The Labute approximate surface area is 98.7 Å². The van der Waals surface area contributed by atoms with Crippen LogP contribution in [0, 0.1) is 5.92 Å². The summed E-state index contributed by atoms with van der Waals surface area (Å²) in [5.74, 6) is 0.667. The summed E-state index contributed by atoms with van der Waals surface area (Å²) in [6.45, 7) is 7.15. The predicted octanol–water partition coefficient (Wildman–Crippen LogP) is 3.26. The van der Waals surface area contributed by atoms with Crippen molar-refractivity contribution in [2.24, 2.45) is 5.92 Å². The van der Waals surface area contributed by atoms with E-state index in [2.05, 4.69) is 35.9 Å². The van der Waals surface area contributed by atoms with Gasteiger partial charge in [-0.2, -0.15) is 0 Å². The molecule has 16 heavy (non-hydrogen) atoms. The maximum absolute atomic E-state index is 4.11. The van der Waals surface area contributed by atoms with Crippen LogP contribution in [0.15, 0.2) is 24.5 Å². The Morgan fingerprint density at radius 2 is 1.69 bits per heavy atom. The summed E-state index contributed by atoms with van der Waals surface area (Å²) in [5.41, 5.74) is 1.42. The van der Waals surface area contributed by atoms with Gasteiger partial charge < -0.3 is 0 Å². The van der Waals surface area contributed by atoms with E-state index in [1.165, 1.54) is 37.9 Å². The van der Waals surface area contributed by atoms with Crippen molar-refractivity contribution in [2.75, 3.05) is 13.1 Å². The number of rotatable bonds is 3. The average molecular weight is 218 g/mol. The van der Waals surface area contributed by atoms with Crippen molar-refractivity contribution in [1.82, 2.24) is 9.88 Å². The molecule has 1 aliphatic rings. The Morgan fingerprint density at radius 3 is 2.25 bits per heavy atom. The molecule has 1 unspecified atom stereocenters. The molecule has 2 heterocycles. The van der Waals surface area contributed by atoms with Crippen LogP contribution in [0.5, 0.6) is 0 Å². The molecule has 88 valence electrons. The van der Waals surface area contributed by atoms with Gasteiger partial charge in [-0.25, -0.2) is 0 Å². The normalized spacial score (nSPS) is 19.9. The molecule has 0 aliphatic carbocycles. The first kappa shape index (κ1) is 11.6. The number of hydrogen-bond donors (Lipinski definition) is 0. The molecule has 1 fully saturated rings. The molecule has 1 saturated heterocycles. The number of hydrogen-bond acceptors (Lipinski definition) is 2. The van der Waals surface area contributed by atoms with Crippen LogP contribution in [-0.4, -0.2) is 23.0 Å². The summed E-state index contributed by atoms with van der Waals surface area (Å²) >= 11 is 0. The van der Waals surface area contributed by atoms with Gasteiger partial charge in [-0.3, -0.25) is 9.88 Å². The van der Waals surface area contributed by atoms with Gasteiger partial charge in [0.1, 0.15) is 0 Å². The van der Waals surface area contributed by atoms with E-state index in [1.807, 2.05) is 12.4 Å². The van der Waals surface area contributed by atoms with Crippen molar-refractivity contribution in [1.29, 1.82) is 0 Å². The Hall–Kier alpha value is -0.890. The first-order valence-corrected chi connectivity index (χ1v) is 6.43. The van der Waals surface area contributed by atoms with Crippen LogP contribution in [-0.2, 0) is 0 Å². The highest BCUT2D eigenvalue weighted by Crippen LogP contribution is 2.30. The van der Waals surface area contributed by atoms with E-state index in [0.29, 0.717) is 12.0 Å². The maximum atomic E-state index is 4.11. The Balaban J connectivity index is 2.16. The third-order valence-electron chi connectivity index (χ3n) is 3.46. The lowest BCUT2D eigenvalue weighted by Gasteiger charge is -2.37. The Kier molecular flexibility index (Phi) is 3.94. The van der Waals surface area contributed by atoms with Gasteiger partial charge in [-0.1, -0.05) is 20.3 Å². The Morgan fingerprint density at radius 1 is 1.06 bits per heavy atom. The van der Waals surface area contributed by atoms with Crippen molar-refractivity contribution < 1.29 is 0 Å². The largest absolute Gasteiger partial charge is 0.296 e. The van der Waals surface area contributed by atoms with Crippen molar-refractivity contribution in [3.63, 3.8) is 0 Å². The quantitative estimate of drug-likeness (QED) is 0.774. The molecule has 0 spiro atoms. The lowest BCUT2D eigenvalue weighted by atomic mass is 9.93. The van der Waals surface area contributed by atoms with Crippen LogP contribution in [0.4, 0.5) is 0 Å². The highest BCUT2D eigenvalue weighted by atomic mass is 15.2. The molecule has 0 bridgehead atoms. The predicted molar refractivity (Wildman–Crippen MR) is 67.2 cm³/mol. The minimum absolute atomic E-state index is 0.572. The van der Waals surface area contributed by atoms with E-state index < -0.39 is 0 Å². The summed E-state index contributed by atoms with van der Waals surface area (Å²) in [6, 6.07) is 4.90. The van der Waals surface area contributed by atoms with Crippen molar-refractivity contribution in [3.05, 3.63) is 30.1 Å². The van der Waals surface area contributed by atoms with Crippen LogP contribution in [0.3, 0.4) is 0 Å². The van der Waals surface area contributed by atoms with Gasteiger partial charge in [0.2, 0.25) is 0 Å². The van der Waals surface area contributed by atoms with Crippen LogP contribution in [0.2, 0.25) is 0 Å². The van der Waals surface area contributed by atoms with E-state index in [1.54, 1.807) is 0 Å². The molecule has 1 aliphatic heterocycles. The maximum Gasteiger partial charge on any atom is 0.0372 e. The van der Waals surface area contributed by atoms with Crippen LogP contribution in [0.25, 0.3) is 0 Å². The van der Waals surface area contributed by atoms with Gasteiger partial charge >= 0.3 is 0 Å². The number of aromatic nitrogens is 1. The van der Waals surface area contributed by atoms with Gasteiger partial charge in [-0.05, 0) is 49.5 Å². The number of pyridine rings is 1. The molecule has 2 rings (SSSR count). The Bertz CT molecular complexity index is 302. The summed E-state index contributed by atoms with van der Waals surface area (Å²) in [4.78, 5) is 6.76. The highest BCUT2D eigenvalue weighted by Gasteiger charge is 2.24. The lowest BCUT2D eigenvalue weighted by Crippen LogP contribution is -2.36. The fourth-order valence-corrected chi connectivity index (χ4v) is 2.77. The first-order chi connectivity index (χ1) is 7.79. The zero-order valence-electron chi connectivity index (χ0n) is 10.4. The number of likely N-dealkylation sites (tertiary alicyclic amines) is 1. The third kappa shape index (κ3) is 2.62. The van der Waals surface area contributed by atoms with Crippen LogP contribution >= 0.6 is 0 Å². The zero-order valence-corrected chi connectivity index (χ0v) is 10.4. The molecule has 2 nitrogen and oxygen atoms in total. The fraction of sp³-hybridized carbons (Fsp3) is 0.643. The lowest BCUT2D eigenvalue weighted by molar-refractivity contribution is 0.128.